The second kappa shape index (κ2) is 9.89. The molecule has 1 amide bonds. The van der Waals surface area contributed by atoms with E-state index in [0.29, 0.717) is 30.8 Å². The topological polar surface area (TPSA) is 92.0 Å². The number of nitrogens with one attached hydrogen (secondary N) is 2. The minimum absolute atomic E-state index is 0. The van der Waals surface area contributed by atoms with Crippen LogP contribution < -0.4 is 10.2 Å². The van der Waals surface area contributed by atoms with E-state index < -0.39 is 0 Å². The van der Waals surface area contributed by atoms with Gasteiger partial charge in [-0.25, -0.2) is 4.39 Å². The van der Waals surface area contributed by atoms with Crippen LogP contribution in [-0.2, 0) is 11.2 Å². The molecule has 34 heavy (non-hydrogen) atoms. The molecule has 0 spiro atoms. The number of aliphatic imine (C=N–C) groups is 1. The number of halogens is 1. The zero-order chi connectivity index (χ0) is 22.8. The summed E-state index contributed by atoms with van der Waals surface area (Å²) in [6.45, 7) is 0.891. The summed E-state index contributed by atoms with van der Waals surface area (Å²) in [4.78, 5) is 22.9. The Balaban J connectivity index is 0.00000274. The third kappa shape index (κ3) is 4.43. The van der Waals surface area contributed by atoms with E-state index in [0.717, 1.165) is 27.7 Å². The summed E-state index contributed by atoms with van der Waals surface area (Å²) < 4.78 is 14.6. The molecule has 1 aromatic heterocycles. The van der Waals surface area contributed by atoms with Crippen molar-refractivity contribution in [2.45, 2.75) is 12.5 Å². The highest BCUT2D eigenvalue weighted by Gasteiger charge is 2.25. The fourth-order valence-corrected chi connectivity index (χ4v) is 4.41. The van der Waals surface area contributed by atoms with Gasteiger partial charge in [-0.05, 0) is 29.8 Å². The zero-order valence-corrected chi connectivity index (χ0v) is 18.9. The number of benzodiazepines with no additional fused rings is 1. The number of fused-ring (bicyclic) bond motifs is 2. The lowest BCUT2D eigenvalue weighted by Gasteiger charge is -2.28. The normalized spacial score (nSPS) is 15.2. The summed E-state index contributed by atoms with van der Waals surface area (Å²) in [6.07, 6.45) is 2.20. The predicted octanol–water partition coefficient (Wildman–Crippen LogP) is 3.50. The highest BCUT2D eigenvalue weighted by atomic mass is 19.1. The Morgan fingerprint density at radius 1 is 1.06 bits per heavy atom. The van der Waals surface area contributed by atoms with E-state index in [-0.39, 0.29) is 23.2 Å². The molecule has 0 fully saturated rings. The molecular weight excluding hydrogens is 431 g/mol. The van der Waals surface area contributed by atoms with Crippen LogP contribution in [0.4, 0.5) is 10.1 Å². The third-order valence-electron chi connectivity index (χ3n) is 6.24. The van der Waals surface area contributed by atoms with Gasteiger partial charge in [0.05, 0.1) is 24.7 Å². The van der Waals surface area contributed by atoms with Crippen LogP contribution >= 0.6 is 0 Å². The van der Waals surface area contributed by atoms with Gasteiger partial charge in [0.2, 0.25) is 5.91 Å². The van der Waals surface area contributed by atoms with E-state index in [4.69, 9.17) is 4.99 Å². The maximum atomic E-state index is 14.6. The van der Waals surface area contributed by atoms with E-state index in [9.17, 15) is 9.18 Å². The van der Waals surface area contributed by atoms with E-state index in [2.05, 4.69) is 15.2 Å². The fourth-order valence-electron chi connectivity index (χ4n) is 4.41. The van der Waals surface area contributed by atoms with Gasteiger partial charge >= 0.3 is 0 Å². The van der Waals surface area contributed by atoms with Crippen LogP contribution in [-0.4, -0.2) is 48.3 Å². The summed E-state index contributed by atoms with van der Waals surface area (Å²) >= 11 is 0. The molecule has 1 aliphatic heterocycles. The second-order valence-corrected chi connectivity index (χ2v) is 8.29. The van der Waals surface area contributed by atoms with E-state index in [1.165, 1.54) is 6.07 Å². The molecule has 4 N–H and O–H groups in total. The summed E-state index contributed by atoms with van der Waals surface area (Å²) in [7, 11) is 2.00. The first kappa shape index (κ1) is 23.2. The molecule has 6 nitrogen and oxygen atoms in total. The Hall–Kier alpha value is -3.97. The number of H-pyrrole nitrogens is 1. The molecule has 1 atom stereocenters. The number of rotatable bonds is 5. The standard InChI is InChI=1S/C27H25FN4O.H2O/c1-32-19(16-30-26(33)14-18-15-29-24-12-6-3-8-20(18)24)17-31-27(21-9-2-5-11-23(21)28)22-10-4-7-13-25(22)32;/h2-13,15,19,29H,14,16-17H2,1H3,(H,30,33);1H2. The van der Waals surface area contributed by atoms with Gasteiger partial charge in [-0.1, -0.05) is 48.5 Å². The van der Waals surface area contributed by atoms with Crippen LogP contribution in [0.2, 0.25) is 0 Å². The molecule has 1 unspecified atom stereocenters. The lowest BCUT2D eigenvalue weighted by Crippen LogP contribution is -2.44. The number of nitrogens with zero attached hydrogens (tertiary/aromatic N) is 2. The largest absolute Gasteiger partial charge is 0.412 e. The third-order valence-corrected chi connectivity index (χ3v) is 6.24. The molecule has 7 heteroatoms. The molecule has 5 rings (SSSR count). The average molecular weight is 459 g/mol. The number of para-hydroxylation sites is 2. The Kier molecular flexibility index (Phi) is 6.75. The van der Waals surface area contributed by atoms with Crippen LogP contribution in [0.15, 0.2) is 84.0 Å². The number of aromatic nitrogens is 1. The van der Waals surface area contributed by atoms with Gasteiger partial charge in [0.25, 0.3) is 0 Å². The Bertz CT molecular complexity index is 1350. The van der Waals surface area contributed by atoms with Gasteiger partial charge in [-0.2, -0.15) is 0 Å². The maximum absolute atomic E-state index is 14.6. The molecule has 0 aliphatic carbocycles. The lowest BCUT2D eigenvalue weighted by molar-refractivity contribution is -0.120. The van der Waals surface area contributed by atoms with Crippen molar-refractivity contribution in [2.24, 2.45) is 4.99 Å². The molecular formula is C27H27FN4O2. The van der Waals surface area contributed by atoms with Crippen molar-refractivity contribution in [3.63, 3.8) is 0 Å². The number of hydrogen-bond acceptors (Lipinski definition) is 3. The highest BCUT2D eigenvalue weighted by Crippen LogP contribution is 2.28. The van der Waals surface area contributed by atoms with Crippen LogP contribution in [0.25, 0.3) is 10.9 Å². The summed E-state index contributed by atoms with van der Waals surface area (Å²) in [5.41, 5.74) is 4.98. The zero-order valence-electron chi connectivity index (χ0n) is 18.9. The van der Waals surface area contributed by atoms with Crippen molar-refractivity contribution < 1.29 is 14.7 Å². The molecule has 0 bridgehead atoms. The van der Waals surface area contributed by atoms with Gasteiger partial charge in [-0.3, -0.25) is 9.79 Å². The Labute approximate surface area is 197 Å². The van der Waals surface area contributed by atoms with Gasteiger partial charge < -0.3 is 20.7 Å². The van der Waals surface area contributed by atoms with Crippen molar-refractivity contribution in [1.29, 1.82) is 0 Å². The van der Waals surface area contributed by atoms with Crippen molar-refractivity contribution in [3.05, 3.63) is 102 Å². The van der Waals surface area contributed by atoms with Gasteiger partial charge in [0, 0.05) is 47.5 Å². The summed E-state index contributed by atoms with van der Waals surface area (Å²) in [5.74, 6) is -0.330. The van der Waals surface area contributed by atoms with Crippen molar-refractivity contribution in [2.75, 3.05) is 25.0 Å². The molecule has 0 saturated carbocycles. The SMILES string of the molecule is CN1c2ccccc2C(c2ccccc2F)=NCC1CNC(=O)Cc1c[nH]c2ccccc12.O. The van der Waals surface area contributed by atoms with Gasteiger partial charge in [-0.15, -0.1) is 0 Å². The maximum Gasteiger partial charge on any atom is 0.224 e. The highest BCUT2D eigenvalue weighted by molar-refractivity contribution is 6.16. The molecule has 1 aliphatic rings. The summed E-state index contributed by atoms with van der Waals surface area (Å²) in [6, 6.07) is 22.5. The van der Waals surface area contributed by atoms with Crippen molar-refractivity contribution in [3.8, 4) is 0 Å². The van der Waals surface area contributed by atoms with Crippen LogP contribution in [0.5, 0.6) is 0 Å². The summed E-state index contributed by atoms with van der Waals surface area (Å²) in [5, 5.41) is 4.13. The number of amides is 1. The van der Waals surface area contributed by atoms with E-state index in [1.54, 1.807) is 12.1 Å². The first-order valence-corrected chi connectivity index (χ1v) is 11.0. The smallest absolute Gasteiger partial charge is 0.224 e. The Morgan fingerprint density at radius 2 is 1.76 bits per heavy atom. The fraction of sp³-hybridized carbons (Fsp3) is 0.185. The van der Waals surface area contributed by atoms with E-state index in [1.807, 2.05) is 67.8 Å². The number of carbonyl (C=O) groups excluding carboxylic acids is 1. The first-order valence-electron chi connectivity index (χ1n) is 11.0. The number of likely N-dealkylation sites (N-methyl/N-ethyl adjacent to an activating group) is 1. The number of hydrogen-bond donors (Lipinski definition) is 2. The molecule has 174 valence electrons. The number of anilines is 1. The second-order valence-electron chi connectivity index (χ2n) is 8.29. The predicted molar refractivity (Wildman–Crippen MR) is 134 cm³/mol. The molecule has 0 radical (unpaired) electrons. The molecule has 0 saturated heterocycles. The quantitative estimate of drug-likeness (QED) is 0.479. The molecule has 2 heterocycles. The monoisotopic (exact) mass is 458 g/mol. The molecule has 4 aromatic rings. The first-order chi connectivity index (χ1) is 16.1. The van der Waals surface area contributed by atoms with Crippen molar-refractivity contribution in [1.82, 2.24) is 10.3 Å². The average Bonchev–Trinajstić information content (AvgIpc) is 3.18. The Morgan fingerprint density at radius 3 is 2.59 bits per heavy atom. The van der Waals surface area contributed by atoms with Crippen molar-refractivity contribution >= 4 is 28.2 Å². The van der Waals surface area contributed by atoms with Crippen LogP contribution in [0.1, 0.15) is 16.7 Å². The lowest BCUT2D eigenvalue weighted by atomic mass is 10.00. The van der Waals surface area contributed by atoms with E-state index >= 15 is 0 Å². The molecule has 3 aromatic carbocycles. The number of carbonyl (C=O) groups is 1. The van der Waals surface area contributed by atoms with Gasteiger partial charge in [0.1, 0.15) is 5.82 Å². The minimum atomic E-state index is -0.292. The van der Waals surface area contributed by atoms with Gasteiger partial charge in [0.15, 0.2) is 0 Å². The van der Waals surface area contributed by atoms with Crippen LogP contribution in [0, 0.1) is 5.82 Å². The number of aromatic amines is 1. The van der Waals surface area contributed by atoms with Crippen LogP contribution in [0.3, 0.4) is 0 Å². The minimum Gasteiger partial charge on any atom is -0.412 e. The number of benzene rings is 3.